The number of benzene rings is 2. The van der Waals surface area contributed by atoms with Crippen LogP contribution in [0.3, 0.4) is 0 Å². The van der Waals surface area contributed by atoms with Gasteiger partial charge in [0.05, 0.1) is 23.7 Å². The van der Waals surface area contributed by atoms with E-state index < -0.39 is 9.84 Å². The Morgan fingerprint density at radius 3 is 2.29 bits per heavy atom. The first kappa shape index (κ1) is 17.8. The third-order valence-corrected chi connectivity index (χ3v) is 4.64. The molecular weight excluding hydrogens is 328 g/mol. The van der Waals surface area contributed by atoms with Crippen molar-refractivity contribution < 1.29 is 17.9 Å². The molecule has 0 fully saturated rings. The monoisotopic (exact) mass is 348 g/mol. The van der Waals surface area contributed by atoms with E-state index in [1.807, 2.05) is 13.0 Å². The fourth-order valence-electron chi connectivity index (χ4n) is 2.19. The summed E-state index contributed by atoms with van der Waals surface area (Å²) in [5.74, 6) is 0.567. The highest BCUT2D eigenvalue weighted by atomic mass is 32.2. The van der Waals surface area contributed by atoms with Crippen molar-refractivity contribution in [2.45, 2.75) is 17.9 Å². The number of hydrogen-bond acceptors (Lipinski definition) is 4. The van der Waals surface area contributed by atoms with Crippen molar-refractivity contribution in [3.63, 3.8) is 0 Å². The molecule has 7 heteroatoms. The van der Waals surface area contributed by atoms with Crippen molar-refractivity contribution in [1.29, 1.82) is 0 Å². The lowest BCUT2D eigenvalue weighted by atomic mass is 10.1. The third kappa shape index (κ3) is 4.48. The molecule has 0 saturated heterocycles. The Hall–Kier alpha value is -2.54. The molecule has 0 radical (unpaired) electrons. The van der Waals surface area contributed by atoms with Crippen molar-refractivity contribution in [2.75, 3.05) is 18.7 Å². The lowest BCUT2D eigenvalue weighted by Crippen LogP contribution is -2.31. The number of para-hydroxylation sites is 2. The van der Waals surface area contributed by atoms with E-state index in [1.54, 1.807) is 30.3 Å². The number of hydrogen-bond donors (Lipinski definition) is 2. The highest BCUT2D eigenvalue weighted by molar-refractivity contribution is 7.90. The topological polar surface area (TPSA) is 84.5 Å². The number of anilines is 1. The standard InChI is InChI=1S/C17H20N2O4S/c1-12(13-8-10-14(11-9-13)24(3,21)22)18-17(20)19-15-6-4-5-7-16(15)23-2/h4-12H,1-3H3,(H2,18,19,20)/t12-/m1/s1. The molecule has 24 heavy (non-hydrogen) atoms. The minimum atomic E-state index is -3.23. The largest absolute Gasteiger partial charge is 0.495 e. The van der Waals surface area contributed by atoms with Crippen LogP contribution in [0, 0.1) is 0 Å². The molecule has 0 spiro atoms. The van der Waals surface area contributed by atoms with Gasteiger partial charge in [0.25, 0.3) is 0 Å². The van der Waals surface area contributed by atoms with Crippen LogP contribution in [0.4, 0.5) is 10.5 Å². The lowest BCUT2D eigenvalue weighted by Gasteiger charge is -2.16. The van der Waals surface area contributed by atoms with Gasteiger partial charge in [0.15, 0.2) is 9.84 Å². The summed E-state index contributed by atoms with van der Waals surface area (Å²) in [6.07, 6.45) is 1.16. The highest BCUT2D eigenvalue weighted by Crippen LogP contribution is 2.23. The molecule has 2 rings (SSSR count). The summed E-state index contributed by atoms with van der Waals surface area (Å²) in [5.41, 5.74) is 1.37. The molecule has 128 valence electrons. The van der Waals surface area contributed by atoms with Gasteiger partial charge >= 0.3 is 6.03 Å². The van der Waals surface area contributed by atoms with Gasteiger partial charge in [0.1, 0.15) is 5.75 Å². The van der Waals surface area contributed by atoms with Crippen LogP contribution >= 0.6 is 0 Å². The zero-order valence-electron chi connectivity index (χ0n) is 13.7. The number of methoxy groups -OCH3 is 1. The smallest absolute Gasteiger partial charge is 0.319 e. The van der Waals surface area contributed by atoms with Gasteiger partial charge in [-0.15, -0.1) is 0 Å². The number of carbonyl (C=O) groups excluding carboxylic acids is 1. The summed E-state index contributed by atoms with van der Waals surface area (Å²) in [7, 11) is -1.70. The fraction of sp³-hybridized carbons (Fsp3) is 0.235. The molecule has 2 aromatic rings. The summed E-state index contributed by atoms with van der Waals surface area (Å²) < 4.78 is 28.1. The Labute approximate surface area is 141 Å². The molecule has 0 heterocycles. The predicted octanol–water partition coefficient (Wildman–Crippen LogP) is 2.98. The summed E-state index contributed by atoms with van der Waals surface area (Å²) >= 11 is 0. The van der Waals surface area contributed by atoms with E-state index in [2.05, 4.69) is 10.6 Å². The summed E-state index contributed by atoms with van der Waals surface area (Å²) in [6.45, 7) is 1.82. The molecule has 2 amide bonds. The van der Waals surface area contributed by atoms with Crippen molar-refractivity contribution in [2.24, 2.45) is 0 Å². The number of nitrogens with one attached hydrogen (secondary N) is 2. The molecule has 0 aliphatic carbocycles. The van der Waals surface area contributed by atoms with Gasteiger partial charge in [0, 0.05) is 6.26 Å². The van der Waals surface area contributed by atoms with Crippen LogP contribution in [0.25, 0.3) is 0 Å². The average molecular weight is 348 g/mol. The predicted molar refractivity (Wildman–Crippen MR) is 93.1 cm³/mol. The zero-order valence-corrected chi connectivity index (χ0v) is 14.6. The highest BCUT2D eigenvalue weighted by Gasteiger charge is 2.13. The SMILES string of the molecule is COc1ccccc1NC(=O)N[C@H](C)c1ccc(S(C)(=O)=O)cc1. The molecule has 0 unspecified atom stereocenters. The molecule has 0 aromatic heterocycles. The van der Waals surface area contributed by atoms with Gasteiger partial charge < -0.3 is 15.4 Å². The maximum absolute atomic E-state index is 12.1. The zero-order chi connectivity index (χ0) is 17.7. The van der Waals surface area contributed by atoms with E-state index >= 15 is 0 Å². The van der Waals surface area contributed by atoms with Crippen LogP contribution in [-0.4, -0.2) is 27.8 Å². The fourth-order valence-corrected chi connectivity index (χ4v) is 2.82. The molecule has 6 nitrogen and oxygen atoms in total. The second-order valence-electron chi connectivity index (χ2n) is 5.36. The molecule has 2 aromatic carbocycles. The summed E-state index contributed by atoms with van der Waals surface area (Å²) in [4.78, 5) is 12.4. The van der Waals surface area contributed by atoms with Crippen LogP contribution in [0.1, 0.15) is 18.5 Å². The van der Waals surface area contributed by atoms with Crippen molar-refractivity contribution >= 4 is 21.6 Å². The van der Waals surface area contributed by atoms with Crippen LogP contribution < -0.4 is 15.4 Å². The van der Waals surface area contributed by atoms with Crippen LogP contribution in [0.15, 0.2) is 53.4 Å². The number of amides is 2. The molecule has 0 aliphatic heterocycles. The molecule has 0 bridgehead atoms. The van der Waals surface area contributed by atoms with Gasteiger partial charge in [-0.2, -0.15) is 0 Å². The van der Waals surface area contributed by atoms with Crippen LogP contribution in [0.5, 0.6) is 5.75 Å². The Kier molecular flexibility index (Phi) is 5.46. The molecule has 0 aliphatic rings. The second-order valence-corrected chi connectivity index (χ2v) is 7.38. The van der Waals surface area contributed by atoms with E-state index in [9.17, 15) is 13.2 Å². The first-order valence-corrected chi connectivity index (χ1v) is 9.21. The number of ether oxygens (including phenoxy) is 1. The van der Waals surface area contributed by atoms with Gasteiger partial charge in [-0.25, -0.2) is 13.2 Å². The Bertz CT molecular complexity index is 817. The first-order valence-electron chi connectivity index (χ1n) is 7.32. The maximum Gasteiger partial charge on any atom is 0.319 e. The molecule has 1 atom stereocenters. The molecule has 0 saturated carbocycles. The van der Waals surface area contributed by atoms with Crippen LogP contribution in [-0.2, 0) is 9.84 Å². The van der Waals surface area contributed by atoms with E-state index in [-0.39, 0.29) is 17.0 Å². The molecule has 2 N–H and O–H groups in total. The number of carbonyl (C=O) groups is 1. The quantitative estimate of drug-likeness (QED) is 0.870. The first-order chi connectivity index (χ1) is 11.3. The van der Waals surface area contributed by atoms with Gasteiger partial charge in [-0.1, -0.05) is 24.3 Å². The van der Waals surface area contributed by atoms with E-state index in [0.717, 1.165) is 11.8 Å². The van der Waals surface area contributed by atoms with E-state index in [0.29, 0.717) is 11.4 Å². The normalized spacial score (nSPS) is 12.3. The van der Waals surface area contributed by atoms with Gasteiger partial charge in [-0.05, 0) is 36.8 Å². The number of urea groups is 1. The van der Waals surface area contributed by atoms with E-state index in [1.165, 1.54) is 19.2 Å². The summed E-state index contributed by atoms with van der Waals surface area (Å²) in [6, 6.07) is 12.9. The third-order valence-electron chi connectivity index (χ3n) is 3.51. The van der Waals surface area contributed by atoms with E-state index in [4.69, 9.17) is 4.74 Å². The minimum Gasteiger partial charge on any atom is -0.495 e. The number of rotatable bonds is 5. The van der Waals surface area contributed by atoms with Gasteiger partial charge in [0.2, 0.25) is 0 Å². The van der Waals surface area contributed by atoms with Crippen molar-refractivity contribution in [1.82, 2.24) is 5.32 Å². The van der Waals surface area contributed by atoms with Crippen LogP contribution in [0.2, 0.25) is 0 Å². The van der Waals surface area contributed by atoms with Gasteiger partial charge in [-0.3, -0.25) is 0 Å². The van der Waals surface area contributed by atoms with Crippen molar-refractivity contribution in [3.05, 3.63) is 54.1 Å². The lowest BCUT2D eigenvalue weighted by molar-refractivity contribution is 0.249. The van der Waals surface area contributed by atoms with Crippen molar-refractivity contribution in [3.8, 4) is 5.75 Å². The Morgan fingerprint density at radius 1 is 1.08 bits per heavy atom. The molecular formula is C17H20N2O4S. The minimum absolute atomic E-state index is 0.247. The second kappa shape index (κ2) is 7.35. The summed E-state index contributed by atoms with van der Waals surface area (Å²) in [5, 5.41) is 5.53. The maximum atomic E-state index is 12.1. The average Bonchev–Trinajstić information content (AvgIpc) is 2.54. The Balaban J connectivity index is 2.03. The Morgan fingerprint density at radius 2 is 1.71 bits per heavy atom. The number of sulfone groups is 1.